The summed E-state index contributed by atoms with van der Waals surface area (Å²) in [6, 6.07) is 0. The molecule has 0 radical (unpaired) electrons. The van der Waals surface area contributed by atoms with Gasteiger partial charge in [-0.1, -0.05) is 0 Å². The molecule has 0 saturated heterocycles. The third-order valence-electron chi connectivity index (χ3n) is 0.586. The number of allylic oxidation sites excluding steroid dienone is 4. The van der Waals surface area contributed by atoms with Crippen molar-refractivity contribution in [3.63, 3.8) is 0 Å². The van der Waals surface area contributed by atoms with Gasteiger partial charge in [0.25, 0.3) is 0 Å². The normalized spacial score (nSPS) is 8.71. The van der Waals surface area contributed by atoms with Gasteiger partial charge in [-0.2, -0.15) is 55.3 Å². The van der Waals surface area contributed by atoms with Crippen molar-refractivity contribution in [3.8, 4) is 0 Å². The first-order chi connectivity index (χ1) is 7.74. The molecule has 0 amide bonds. The van der Waals surface area contributed by atoms with E-state index in [-0.39, 0.29) is 26.2 Å². The van der Waals surface area contributed by atoms with Gasteiger partial charge >= 0.3 is 0 Å². The number of hydrogen-bond acceptors (Lipinski definition) is 0. The second-order valence-electron chi connectivity index (χ2n) is 2.34. The van der Waals surface area contributed by atoms with Gasteiger partial charge in [-0.15, -0.1) is 6.42 Å². The molecule has 1 rings (SSSR count). The van der Waals surface area contributed by atoms with Crippen LogP contribution < -0.4 is 0 Å². The molecule has 0 bridgehead atoms. The average molecular weight is 318 g/mol. The van der Waals surface area contributed by atoms with E-state index in [4.69, 9.17) is 0 Å². The quantitative estimate of drug-likeness (QED) is 0.606. The van der Waals surface area contributed by atoms with Crippen LogP contribution in [0.15, 0.2) is 18.2 Å². The van der Waals surface area contributed by atoms with E-state index in [1.165, 1.54) is 0 Å². The molecule has 0 spiro atoms. The van der Waals surface area contributed by atoms with E-state index >= 15 is 0 Å². The third kappa shape index (κ3) is 120. The summed E-state index contributed by atoms with van der Waals surface area (Å²) in [6.45, 7) is 5.00. The van der Waals surface area contributed by atoms with Crippen molar-refractivity contribution in [2.45, 2.75) is 13.3 Å². The van der Waals surface area contributed by atoms with Gasteiger partial charge in [0.15, 0.2) is 0 Å². The molecule has 0 unspecified atom stereocenters. The first kappa shape index (κ1) is 30.4. The molecule has 17 heavy (non-hydrogen) atoms. The van der Waals surface area contributed by atoms with Crippen molar-refractivity contribution in [1.29, 1.82) is 0 Å². The molecule has 0 heterocycles. The Hall–Kier alpha value is 0.243. The van der Waals surface area contributed by atoms with Crippen molar-refractivity contribution < 1.29 is 26.2 Å². The van der Waals surface area contributed by atoms with E-state index in [2.05, 4.69) is 35.0 Å². The van der Waals surface area contributed by atoms with Crippen LogP contribution in [0.3, 0.4) is 0 Å². The van der Waals surface area contributed by atoms with Crippen LogP contribution in [0.5, 0.6) is 0 Å². The van der Waals surface area contributed by atoms with E-state index in [1.54, 1.807) is 49.2 Å². The smallest absolute Gasteiger partial charge is 0 e. The maximum atomic E-state index is 3.50. The van der Waals surface area contributed by atoms with Crippen molar-refractivity contribution in [2.24, 2.45) is 0 Å². The van der Waals surface area contributed by atoms with Gasteiger partial charge in [-0.05, 0) is 0 Å². The van der Waals surface area contributed by atoms with Gasteiger partial charge in [0, 0.05) is 26.2 Å². The molecule has 3 nitrogen and oxygen atoms in total. The summed E-state index contributed by atoms with van der Waals surface area (Å²) in [5.41, 5.74) is 0. The van der Waals surface area contributed by atoms with Crippen LogP contribution >= 0.6 is 0 Å². The van der Waals surface area contributed by atoms with Crippen LogP contribution in [-0.4, -0.2) is 42.3 Å². The molecule has 1 aliphatic rings. The zero-order valence-corrected chi connectivity index (χ0v) is 14.9. The molecule has 0 aromatic rings. The molecule has 0 N–H and O–H groups in total. The summed E-state index contributed by atoms with van der Waals surface area (Å²) < 4.78 is 0. The third-order valence-corrected chi connectivity index (χ3v) is 0.586. The Balaban J connectivity index is -0.0000000365. The van der Waals surface area contributed by atoms with Crippen LogP contribution in [0.4, 0.5) is 0 Å². The fourth-order valence-electron chi connectivity index (χ4n) is 0.340. The molecular formula is C13H28N3Zr-5. The SMILES string of the molecule is C[N-]C.C[N-]C.C[N-]C.[C-]1=CC=CC1.[CH2-]C.[Zr]. The van der Waals surface area contributed by atoms with Crippen molar-refractivity contribution in [2.75, 3.05) is 42.3 Å². The summed E-state index contributed by atoms with van der Waals surface area (Å²) in [5, 5.41) is 10.5. The Morgan fingerprint density at radius 2 is 1.18 bits per heavy atom. The van der Waals surface area contributed by atoms with Crippen LogP contribution in [0.25, 0.3) is 16.0 Å². The Morgan fingerprint density at radius 3 is 1.24 bits per heavy atom. The minimum atomic E-state index is 0. The van der Waals surface area contributed by atoms with Crippen molar-refractivity contribution in [3.05, 3.63) is 47.2 Å². The summed E-state index contributed by atoms with van der Waals surface area (Å²) in [6.07, 6.45) is 10.0. The molecule has 0 saturated carbocycles. The standard InChI is InChI=1S/C5H5.3C2H6N.C2H5.Zr/c1-2-4-5-3-1;3*1-3-2;1-2;/h1-3H,4H2;3*1-2H3;1H2,2H3;/q5*-1;. The second-order valence-corrected chi connectivity index (χ2v) is 2.34. The van der Waals surface area contributed by atoms with Gasteiger partial charge in [0.05, 0.1) is 0 Å². The minimum absolute atomic E-state index is 0. The van der Waals surface area contributed by atoms with Gasteiger partial charge in [0.2, 0.25) is 0 Å². The van der Waals surface area contributed by atoms with Crippen molar-refractivity contribution in [1.82, 2.24) is 0 Å². The van der Waals surface area contributed by atoms with Gasteiger partial charge in [-0.3, -0.25) is 6.08 Å². The van der Waals surface area contributed by atoms with E-state index in [1.807, 2.05) is 12.2 Å². The summed E-state index contributed by atoms with van der Waals surface area (Å²) >= 11 is 0. The van der Waals surface area contributed by atoms with Gasteiger partial charge in [0.1, 0.15) is 0 Å². The monoisotopic (exact) mass is 316 g/mol. The van der Waals surface area contributed by atoms with Crippen LogP contribution in [0, 0.1) is 13.0 Å². The van der Waals surface area contributed by atoms with Crippen LogP contribution in [-0.2, 0) is 26.2 Å². The largest absolute Gasteiger partial charge is 0.668 e. The van der Waals surface area contributed by atoms with Gasteiger partial charge < -0.3 is 22.9 Å². The number of rotatable bonds is 0. The maximum absolute atomic E-state index is 3.50. The van der Waals surface area contributed by atoms with Crippen LogP contribution in [0.2, 0.25) is 0 Å². The first-order valence-electron chi connectivity index (χ1n) is 5.11. The van der Waals surface area contributed by atoms with E-state index < -0.39 is 0 Å². The minimum Gasteiger partial charge on any atom is -0.668 e. The summed E-state index contributed by atoms with van der Waals surface area (Å²) in [7, 11) is 10.5. The number of hydrogen-bond donors (Lipinski definition) is 0. The maximum Gasteiger partial charge on any atom is 0 e. The Bertz CT molecular complexity index is 100. The zero-order valence-electron chi connectivity index (χ0n) is 12.5. The fraction of sp³-hybridized carbons (Fsp3) is 0.615. The zero-order chi connectivity index (χ0) is 13.7. The number of nitrogens with zero attached hydrogens (tertiary/aromatic N) is 3. The predicted octanol–water partition coefficient (Wildman–Crippen LogP) is 4.00. The molecule has 0 aromatic heterocycles. The molecule has 1 aliphatic carbocycles. The molecule has 0 fully saturated rings. The Morgan fingerprint density at radius 1 is 0.882 bits per heavy atom. The topological polar surface area (TPSA) is 42.3 Å². The van der Waals surface area contributed by atoms with Crippen LogP contribution in [0.1, 0.15) is 13.3 Å². The molecule has 4 heteroatoms. The first-order valence-corrected chi connectivity index (χ1v) is 5.11. The second kappa shape index (κ2) is 55.5. The van der Waals surface area contributed by atoms with E-state index in [9.17, 15) is 0 Å². The molecule has 104 valence electrons. The Labute approximate surface area is 129 Å². The van der Waals surface area contributed by atoms with Gasteiger partial charge in [-0.25, -0.2) is 12.2 Å². The molecule has 0 atom stereocenters. The Kier molecular flexibility index (Phi) is 99.2. The fourth-order valence-corrected chi connectivity index (χ4v) is 0.340. The molecule has 0 aliphatic heterocycles. The molecule has 0 aromatic carbocycles. The summed E-state index contributed by atoms with van der Waals surface area (Å²) in [4.78, 5) is 0. The van der Waals surface area contributed by atoms with E-state index in [0.29, 0.717) is 0 Å². The predicted molar refractivity (Wildman–Crippen MR) is 78.2 cm³/mol. The molecular weight excluding hydrogens is 289 g/mol. The summed E-state index contributed by atoms with van der Waals surface area (Å²) in [5.74, 6) is 0. The van der Waals surface area contributed by atoms with E-state index in [0.717, 1.165) is 6.42 Å². The average Bonchev–Trinajstić information content (AvgIpc) is 2.81. The van der Waals surface area contributed by atoms with Crippen molar-refractivity contribution >= 4 is 0 Å².